The highest BCUT2D eigenvalue weighted by Gasteiger charge is 2.28. The summed E-state index contributed by atoms with van der Waals surface area (Å²) in [5.41, 5.74) is 8.67. The van der Waals surface area contributed by atoms with E-state index in [-0.39, 0.29) is 11.9 Å². The summed E-state index contributed by atoms with van der Waals surface area (Å²) < 4.78 is 7.91. The fourth-order valence-electron chi connectivity index (χ4n) is 6.14. The Bertz CT molecular complexity index is 1580. The molecular formula is C34H43N9O2. The Labute approximate surface area is 264 Å². The van der Waals surface area contributed by atoms with Gasteiger partial charge in [0.25, 0.3) is 0 Å². The van der Waals surface area contributed by atoms with Crippen LogP contribution >= 0.6 is 0 Å². The molecule has 2 aliphatic heterocycles. The van der Waals surface area contributed by atoms with Gasteiger partial charge in [-0.2, -0.15) is 5.10 Å². The average Bonchev–Trinajstić information content (AvgIpc) is 3.47. The molecule has 2 aromatic heterocycles. The number of ether oxygens (including phenoxy) is 1. The predicted octanol–water partition coefficient (Wildman–Crippen LogP) is 3.81. The molecule has 4 aromatic rings. The highest BCUT2D eigenvalue weighted by Crippen LogP contribution is 2.35. The molecule has 0 saturated carbocycles. The number of piperidine rings is 1. The highest BCUT2D eigenvalue weighted by molar-refractivity contribution is 5.98. The summed E-state index contributed by atoms with van der Waals surface area (Å²) in [6, 6.07) is 17.5. The van der Waals surface area contributed by atoms with Crippen LogP contribution in [0.15, 0.2) is 73.1 Å². The number of hydrogen-bond donors (Lipinski definition) is 2. The van der Waals surface area contributed by atoms with E-state index < -0.39 is 0 Å². The third-order valence-corrected chi connectivity index (χ3v) is 8.58. The molecule has 2 saturated heterocycles. The predicted molar refractivity (Wildman–Crippen MR) is 177 cm³/mol. The van der Waals surface area contributed by atoms with Crippen LogP contribution in [-0.2, 0) is 4.79 Å². The van der Waals surface area contributed by atoms with Gasteiger partial charge < -0.3 is 30.5 Å². The number of likely N-dealkylation sites (N-methyl/N-ethyl adjacent to an activating group) is 1. The van der Waals surface area contributed by atoms with Crippen molar-refractivity contribution in [2.75, 3.05) is 71.7 Å². The number of piperazine rings is 1. The van der Waals surface area contributed by atoms with Crippen molar-refractivity contribution < 1.29 is 9.53 Å². The van der Waals surface area contributed by atoms with E-state index in [2.05, 4.69) is 32.1 Å². The quantitative estimate of drug-likeness (QED) is 0.245. The molecule has 1 unspecified atom stereocenters. The molecule has 3 N–H and O–H groups in total. The van der Waals surface area contributed by atoms with Crippen molar-refractivity contribution >= 4 is 22.8 Å². The van der Waals surface area contributed by atoms with Crippen molar-refractivity contribution in [1.82, 2.24) is 39.8 Å². The van der Waals surface area contributed by atoms with Gasteiger partial charge in [-0.25, -0.2) is 14.6 Å². The average molecular weight is 610 g/mol. The standard InChI is InChI=1S/C34H43N9O2/c1-40(19-7-20-41-22-16-36-17-23-41)18-6-11-30(44)42-21-5-8-27(24-42)43-34-31(33(35)37-25-38-34)32(39-43)26-12-14-29(15-13-26)45-28-9-3-2-4-10-28/h2-4,6,9-15,25,27,36H,5,7-8,16-24H2,1H3,(H2,35,37,38)/b11-6+. The fraction of sp³-hybridized carbons (Fsp3) is 0.412. The number of anilines is 1. The molecular weight excluding hydrogens is 566 g/mol. The van der Waals surface area contributed by atoms with Crippen LogP contribution in [0.4, 0.5) is 5.82 Å². The van der Waals surface area contributed by atoms with Crippen LogP contribution in [0.3, 0.4) is 0 Å². The van der Waals surface area contributed by atoms with E-state index in [1.807, 2.05) is 70.3 Å². The summed E-state index contributed by atoms with van der Waals surface area (Å²) in [5.74, 6) is 1.93. The maximum atomic E-state index is 13.2. The molecule has 11 nitrogen and oxygen atoms in total. The van der Waals surface area contributed by atoms with Gasteiger partial charge in [-0.05, 0) is 75.8 Å². The first-order chi connectivity index (χ1) is 22.0. The van der Waals surface area contributed by atoms with E-state index in [1.54, 1.807) is 6.08 Å². The van der Waals surface area contributed by atoms with Gasteiger partial charge in [0.2, 0.25) is 5.91 Å². The third kappa shape index (κ3) is 7.67. The minimum absolute atomic E-state index is 0.0185. The summed E-state index contributed by atoms with van der Waals surface area (Å²) in [4.78, 5) is 28.8. The smallest absolute Gasteiger partial charge is 0.246 e. The van der Waals surface area contributed by atoms with E-state index in [9.17, 15) is 4.79 Å². The summed E-state index contributed by atoms with van der Waals surface area (Å²) in [5, 5.41) is 9.14. The molecule has 45 heavy (non-hydrogen) atoms. The van der Waals surface area contributed by atoms with Crippen LogP contribution in [0, 0.1) is 0 Å². The Hall–Kier alpha value is -4.32. The van der Waals surface area contributed by atoms with Crippen molar-refractivity contribution in [3.63, 3.8) is 0 Å². The number of aromatic nitrogens is 4. The molecule has 4 heterocycles. The monoisotopic (exact) mass is 609 g/mol. The Morgan fingerprint density at radius 3 is 2.64 bits per heavy atom. The molecule has 6 rings (SSSR count). The molecule has 2 aliphatic rings. The number of benzene rings is 2. The van der Waals surface area contributed by atoms with E-state index in [1.165, 1.54) is 6.33 Å². The van der Waals surface area contributed by atoms with Gasteiger partial charge in [-0.15, -0.1) is 0 Å². The Morgan fingerprint density at radius 2 is 1.84 bits per heavy atom. The van der Waals surface area contributed by atoms with Crippen LogP contribution in [-0.4, -0.2) is 106 Å². The second-order valence-electron chi connectivity index (χ2n) is 11.9. The molecule has 2 aromatic carbocycles. The van der Waals surface area contributed by atoms with Gasteiger partial charge in [0.15, 0.2) is 5.65 Å². The number of carbonyl (C=O) groups is 1. The highest BCUT2D eigenvalue weighted by atomic mass is 16.5. The second-order valence-corrected chi connectivity index (χ2v) is 11.9. The number of hydrogen-bond acceptors (Lipinski definition) is 9. The van der Waals surface area contributed by atoms with E-state index in [4.69, 9.17) is 15.6 Å². The third-order valence-electron chi connectivity index (χ3n) is 8.58. The van der Waals surface area contributed by atoms with Gasteiger partial charge in [0.1, 0.15) is 29.3 Å². The number of nitrogens with zero attached hydrogens (tertiary/aromatic N) is 7. The fourth-order valence-corrected chi connectivity index (χ4v) is 6.14. The summed E-state index contributed by atoms with van der Waals surface area (Å²) in [6.07, 6.45) is 8.10. The van der Waals surface area contributed by atoms with Crippen molar-refractivity contribution in [3.05, 3.63) is 73.1 Å². The van der Waals surface area contributed by atoms with Gasteiger partial charge in [-0.1, -0.05) is 24.3 Å². The van der Waals surface area contributed by atoms with Gasteiger partial charge in [0.05, 0.1) is 11.4 Å². The minimum atomic E-state index is -0.0185. The lowest BCUT2D eigenvalue weighted by atomic mass is 10.1. The Morgan fingerprint density at radius 1 is 1.07 bits per heavy atom. The number of nitrogen functional groups attached to an aromatic ring is 1. The van der Waals surface area contributed by atoms with Gasteiger partial charge in [-0.3, -0.25) is 4.79 Å². The Balaban J connectivity index is 1.10. The van der Waals surface area contributed by atoms with Crippen LogP contribution in [0.2, 0.25) is 0 Å². The molecule has 0 aliphatic carbocycles. The molecule has 236 valence electrons. The number of nitrogens with two attached hydrogens (primary N) is 1. The normalized spacial score (nSPS) is 17.8. The molecule has 1 amide bonds. The molecule has 2 fully saturated rings. The summed E-state index contributed by atoms with van der Waals surface area (Å²) in [6.45, 7) is 8.59. The first kappa shape index (κ1) is 30.7. The first-order valence-corrected chi connectivity index (χ1v) is 15.9. The summed E-state index contributed by atoms with van der Waals surface area (Å²) in [7, 11) is 2.11. The van der Waals surface area contributed by atoms with Crippen molar-refractivity contribution in [2.45, 2.75) is 25.3 Å². The van der Waals surface area contributed by atoms with Gasteiger partial charge in [0, 0.05) is 57.5 Å². The molecule has 0 radical (unpaired) electrons. The first-order valence-electron chi connectivity index (χ1n) is 15.9. The lowest BCUT2D eigenvalue weighted by Gasteiger charge is -2.32. The zero-order valence-electron chi connectivity index (χ0n) is 26.0. The summed E-state index contributed by atoms with van der Waals surface area (Å²) >= 11 is 0. The number of rotatable bonds is 11. The van der Waals surface area contributed by atoms with Gasteiger partial charge >= 0.3 is 0 Å². The second kappa shape index (κ2) is 14.6. The van der Waals surface area contributed by atoms with Crippen LogP contribution < -0.4 is 15.8 Å². The largest absolute Gasteiger partial charge is 0.457 e. The molecule has 0 spiro atoms. The lowest BCUT2D eigenvalue weighted by molar-refractivity contribution is -0.127. The Kier molecular flexibility index (Phi) is 9.99. The maximum Gasteiger partial charge on any atom is 0.246 e. The van der Waals surface area contributed by atoms with Crippen molar-refractivity contribution in [1.29, 1.82) is 0 Å². The topological polar surface area (TPSA) is 118 Å². The maximum absolute atomic E-state index is 13.2. The lowest BCUT2D eigenvalue weighted by Crippen LogP contribution is -2.44. The van der Waals surface area contributed by atoms with Crippen molar-refractivity contribution in [2.24, 2.45) is 0 Å². The zero-order chi connectivity index (χ0) is 31.0. The van der Waals surface area contributed by atoms with Crippen molar-refractivity contribution in [3.8, 4) is 22.8 Å². The SMILES string of the molecule is CN(C/C=C/C(=O)N1CCCC(n2nc(-c3ccc(Oc4ccccc4)cc3)c3c(N)ncnc32)C1)CCCN1CCNCC1. The number of fused-ring (bicyclic) bond motifs is 1. The number of likely N-dealkylation sites (tertiary alicyclic amines) is 1. The van der Waals surface area contributed by atoms with E-state index >= 15 is 0 Å². The molecule has 1 atom stereocenters. The number of carbonyl (C=O) groups excluding carboxylic acids is 1. The molecule has 0 bridgehead atoms. The minimum Gasteiger partial charge on any atom is -0.457 e. The van der Waals surface area contributed by atoms with Crippen LogP contribution in [0.5, 0.6) is 11.5 Å². The van der Waals surface area contributed by atoms with E-state index in [0.717, 1.165) is 99.8 Å². The number of para-hydroxylation sites is 1. The van der Waals surface area contributed by atoms with E-state index in [0.29, 0.717) is 18.0 Å². The number of nitrogens with one attached hydrogen (secondary N) is 1. The van der Waals surface area contributed by atoms with Crippen LogP contribution in [0.1, 0.15) is 25.3 Å². The van der Waals surface area contributed by atoms with Crippen LogP contribution in [0.25, 0.3) is 22.3 Å². The zero-order valence-corrected chi connectivity index (χ0v) is 26.0. The number of amides is 1. The molecule has 11 heteroatoms.